The molecule has 19 heavy (non-hydrogen) atoms. The molecule has 0 aliphatic heterocycles. The zero-order chi connectivity index (χ0) is 13.4. The van der Waals surface area contributed by atoms with Crippen LogP contribution in [0.3, 0.4) is 0 Å². The third-order valence-corrected chi connectivity index (χ3v) is 4.47. The van der Waals surface area contributed by atoms with E-state index in [0.717, 1.165) is 17.2 Å². The van der Waals surface area contributed by atoms with Gasteiger partial charge in [0, 0.05) is 17.5 Å². The summed E-state index contributed by atoms with van der Waals surface area (Å²) in [6.45, 7) is 5.41. The fourth-order valence-corrected chi connectivity index (χ4v) is 3.32. The van der Waals surface area contributed by atoms with Crippen LogP contribution < -0.4 is 10.6 Å². The first kappa shape index (κ1) is 12.7. The summed E-state index contributed by atoms with van der Waals surface area (Å²) < 4.78 is 0. The van der Waals surface area contributed by atoms with Crippen LogP contribution in [0.15, 0.2) is 6.07 Å². The molecule has 0 bridgehead atoms. The normalized spacial score (nSPS) is 15.1. The van der Waals surface area contributed by atoms with E-state index in [-0.39, 0.29) is 0 Å². The van der Waals surface area contributed by atoms with Crippen molar-refractivity contribution < 1.29 is 0 Å². The van der Waals surface area contributed by atoms with E-state index in [1.165, 1.54) is 35.9 Å². The zero-order valence-electron chi connectivity index (χ0n) is 11.5. The summed E-state index contributed by atoms with van der Waals surface area (Å²) in [6, 6.07) is 2.85. The van der Waals surface area contributed by atoms with Crippen molar-refractivity contribution in [2.45, 2.75) is 45.6 Å². The SMILES string of the molecule is CCCCN(c1nc(N)nc2sc(C)cc12)C1CC1. The summed E-state index contributed by atoms with van der Waals surface area (Å²) in [4.78, 5) is 13.6. The van der Waals surface area contributed by atoms with Crippen molar-refractivity contribution in [1.82, 2.24) is 9.97 Å². The van der Waals surface area contributed by atoms with Gasteiger partial charge in [-0.2, -0.15) is 4.98 Å². The van der Waals surface area contributed by atoms with E-state index in [4.69, 9.17) is 5.73 Å². The summed E-state index contributed by atoms with van der Waals surface area (Å²) in [7, 11) is 0. The van der Waals surface area contributed by atoms with Crippen molar-refractivity contribution in [2.24, 2.45) is 0 Å². The highest BCUT2D eigenvalue weighted by Crippen LogP contribution is 2.37. The number of rotatable bonds is 5. The zero-order valence-corrected chi connectivity index (χ0v) is 12.3. The van der Waals surface area contributed by atoms with Gasteiger partial charge in [0.05, 0.1) is 5.39 Å². The maximum atomic E-state index is 5.88. The Balaban J connectivity index is 2.05. The van der Waals surface area contributed by atoms with Crippen LogP contribution >= 0.6 is 11.3 Å². The molecule has 0 saturated heterocycles. The summed E-state index contributed by atoms with van der Waals surface area (Å²) in [5.41, 5.74) is 5.88. The molecule has 0 amide bonds. The van der Waals surface area contributed by atoms with Gasteiger partial charge in [-0.3, -0.25) is 0 Å². The molecule has 102 valence electrons. The number of hydrogen-bond acceptors (Lipinski definition) is 5. The Kier molecular flexibility index (Phi) is 3.31. The molecule has 0 unspecified atom stereocenters. The lowest BCUT2D eigenvalue weighted by Crippen LogP contribution is -2.28. The van der Waals surface area contributed by atoms with Crippen LogP contribution in [0.25, 0.3) is 10.2 Å². The largest absolute Gasteiger partial charge is 0.368 e. The number of aromatic nitrogens is 2. The van der Waals surface area contributed by atoms with Gasteiger partial charge in [0.2, 0.25) is 5.95 Å². The molecule has 0 spiro atoms. The van der Waals surface area contributed by atoms with Gasteiger partial charge in [-0.15, -0.1) is 11.3 Å². The second kappa shape index (κ2) is 4.96. The Morgan fingerprint density at radius 3 is 2.89 bits per heavy atom. The topological polar surface area (TPSA) is 55.0 Å². The van der Waals surface area contributed by atoms with E-state index in [1.54, 1.807) is 11.3 Å². The number of thiophene rings is 1. The number of nitrogen functional groups attached to an aromatic ring is 1. The quantitative estimate of drug-likeness (QED) is 0.910. The van der Waals surface area contributed by atoms with Crippen molar-refractivity contribution in [1.29, 1.82) is 0 Å². The van der Waals surface area contributed by atoms with Crippen LogP contribution in [0.2, 0.25) is 0 Å². The number of hydrogen-bond donors (Lipinski definition) is 1. The Labute approximate surface area is 117 Å². The molecule has 2 heterocycles. The highest BCUT2D eigenvalue weighted by atomic mass is 32.1. The lowest BCUT2D eigenvalue weighted by Gasteiger charge is -2.24. The summed E-state index contributed by atoms with van der Waals surface area (Å²) >= 11 is 1.70. The molecule has 2 aromatic heterocycles. The number of nitrogens with two attached hydrogens (primary N) is 1. The van der Waals surface area contributed by atoms with Crippen molar-refractivity contribution in [3.63, 3.8) is 0 Å². The first-order valence-corrected chi connectivity index (χ1v) is 7.81. The molecular weight excluding hydrogens is 256 g/mol. The molecule has 1 aliphatic carbocycles. The molecule has 2 aromatic rings. The van der Waals surface area contributed by atoms with Gasteiger partial charge in [0.1, 0.15) is 10.6 Å². The van der Waals surface area contributed by atoms with Crippen LogP contribution in [0.1, 0.15) is 37.5 Å². The summed E-state index contributed by atoms with van der Waals surface area (Å²) in [5, 5.41) is 1.17. The predicted octanol–water partition coefficient (Wildman–Crippen LogP) is 3.35. The number of nitrogens with zero attached hydrogens (tertiary/aromatic N) is 3. The molecule has 0 aromatic carbocycles. The van der Waals surface area contributed by atoms with Crippen LogP contribution in [0.5, 0.6) is 0 Å². The number of fused-ring (bicyclic) bond motifs is 1. The van der Waals surface area contributed by atoms with E-state index >= 15 is 0 Å². The molecule has 5 heteroatoms. The Morgan fingerprint density at radius 2 is 2.21 bits per heavy atom. The van der Waals surface area contributed by atoms with Gasteiger partial charge in [-0.05, 0) is 32.3 Å². The molecular formula is C14H20N4S. The van der Waals surface area contributed by atoms with Gasteiger partial charge < -0.3 is 10.6 Å². The van der Waals surface area contributed by atoms with Gasteiger partial charge in [0.15, 0.2) is 0 Å². The lowest BCUT2D eigenvalue weighted by molar-refractivity contribution is 0.707. The van der Waals surface area contributed by atoms with Crippen LogP contribution in [-0.4, -0.2) is 22.6 Å². The molecule has 0 atom stereocenters. The van der Waals surface area contributed by atoms with Crippen LogP contribution in [0.4, 0.5) is 11.8 Å². The third kappa shape index (κ3) is 2.52. The maximum absolute atomic E-state index is 5.88. The van der Waals surface area contributed by atoms with Gasteiger partial charge in [0.25, 0.3) is 0 Å². The first-order chi connectivity index (χ1) is 9.19. The minimum Gasteiger partial charge on any atom is -0.368 e. The molecule has 1 saturated carbocycles. The van der Waals surface area contributed by atoms with Gasteiger partial charge in [-0.1, -0.05) is 13.3 Å². The Hall–Kier alpha value is -1.36. The van der Waals surface area contributed by atoms with E-state index in [0.29, 0.717) is 12.0 Å². The fraction of sp³-hybridized carbons (Fsp3) is 0.571. The second-order valence-corrected chi connectivity index (χ2v) is 6.49. The average molecular weight is 276 g/mol. The monoisotopic (exact) mass is 276 g/mol. The number of anilines is 2. The first-order valence-electron chi connectivity index (χ1n) is 6.99. The number of aryl methyl sites for hydroxylation is 1. The summed E-state index contributed by atoms with van der Waals surface area (Å²) in [6.07, 6.45) is 4.96. The standard InChI is InChI=1S/C14H20N4S/c1-3-4-7-18(10-5-6-10)12-11-8-9(2)19-13(11)17-14(15)16-12/h8,10H,3-7H2,1-2H3,(H2,15,16,17). The summed E-state index contributed by atoms with van der Waals surface area (Å²) in [5.74, 6) is 1.44. The minimum absolute atomic E-state index is 0.395. The van der Waals surface area contributed by atoms with E-state index in [1.807, 2.05) is 0 Å². The van der Waals surface area contributed by atoms with E-state index in [9.17, 15) is 0 Å². The number of unbranched alkanes of at least 4 members (excludes halogenated alkanes) is 1. The maximum Gasteiger partial charge on any atom is 0.223 e. The van der Waals surface area contributed by atoms with Gasteiger partial charge in [-0.25, -0.2) is 4.98 Å². The van der Waals surface area contributed by atoms with Crippen LogP contribution in [-0.2, 0) is 0 Å². The van der Waals surface area contributed by atoms with Crippen molar-refractivity contribution in [3.8, 4) is 0 Å². The van der Waals surface area contributed by atoms with Crippen molar-refractivity contribution in [3.05, 3.63) is 10.9 Å². The lowest BCUT2D eigenvalue weighted by atomic mass is 10.2. The van der Waals surface area contributed by atoms with Crippen LogP contribution in [0, 0.1) is 6.92 Å². The van der Waals surface area contributed by atoms with E-state index < -0.39 is 0 Å². The Morgan fingerprint density at radius 1 is 1.42 bits per heavy atom. The molecule has 4 nitrogen and oxygen atoms in total. The minimum atomic E-state index is 0.395. The predicted molar refractivity (Wildman–Crippen MR) is 81.8 cm³/mol. The molecule has 1 aliphatic rings. The molecule has 2 N–H and O–H groups in total. The van der Waals surface area contributed by atoms with Crippen molar-refractivity contribution in [2.75, 3.05) is 17.2 Å². The third-order valence-electron chi connectivity index (χ3n) is 3.53. The highest BCUT2D eigenvalue weighted by Gasteiger charge is 2.31. The Bertz CT molecular complexity index is 588. The molecule has 3 rings (SSSR count). The molecule has 1 fully saturated rings. The second-order valence-electron chi connectivity index (χ2n) is 5.26. The highest BCUT2D eigenvalue weighted by molar-refractivity contribution is 7.18. The van der Waals surface area contributed by atoms with Crippen molar-refractivity contribution >= 4 is 33.3 Å². The van der Waals surface area contributed by atoms with E-state index in [2.05, 4.69) is 34.8 Å². The fourth-order valence-electron chi connectivity index (χ4n) is 2.44. The van der Waals surface area contributed by atoms with Gasteiger partial charge >= 0.3 is 0 Å². The average Bonchev–Trinajstić information content (AvgIpc) is 3.12. The molecule has 0 radical (unpaired) electrons. The smallest absolute Gasteiger partial charge is 0.223 e.